The van der Waals surface area contributed by atoms with Crippen LogP contribution in [0.4, 0.5) is 0 Å². The predicted octanol–water partition coefficient (Wildman–Crippen LogP) is 3.38. The van der Waals surface area contributed by atoms with E-state index < -0.39 is 0 Å². The largest absolute Gasteiger partial charge is 0.483 e. The van der Waals surface area contributed by atoms with E-state index in [2.05, 4.69) is 24.4 Å². The molecule has 0 aliphatic heterocycles. The van der Waals surface area contributed by atoms with Crippen LogP contribution in [0.1, 0.15) is 24.5 Å². The lowest BCUT2D eigenvalue weighted by Gasteiger charge is -2.10. The summed E-state index contributed by atoms with van der Waals surface area (Å²) in [6.07, 6.45) is 2.80. The monoisotopic (exact) mass is 297 g/mol. The molecule has 3 nitrogen and oxygen atoms in total. The summed E-state index contributed by atoms with van der Waals surface area (Å²) in [6, 6.07) is 18.1. The van der Waals surface area contributed by atoms with Crippen LogP contribution in [0.2, 0.25) is 0 Å². The van der Waals surface area contributed by atoms with E-state index in [4.69, 9.17) is 4.74 Å². The van der Waals surface area contributed by atoms with Crippen LogP contribution >= 0.6 is 0 Å². The molecule has 0 aliphatic rings. The van der Waals surface area contributed by atoms with Gasteiger partial charge < -0.3 is 10.1 Å². The van der Waals surface area contributed by atoms with Crippen molar-refractivity contribution in [1.82, 2.24) is 5.32 Å². The maximum absolute atomic E-state index is 11.8. The van der Waals surface area contributed by atoms with Crippen LogP contribution in [0.3, 0.4) is 0 Å². The molecule has 2 aromatic carbocycles. The number of benzene rings is 2. The quantitative estimate of drug-likeness (QED) is 0.759. The smallest absolute Gasteiger partial charge is 0.257 e. The Bertz CT molecular complexity index is 581. The van der Waals surface area contributed by atoms with E-state index in [0.717, 1.165) is 30.6 Å². The van der Waals surface area contributed by atoms with Crippen LogP contribution in [0.5, 0.6) is 5.75 Å². The van der Waals surface area contributed by atoms with Gasteiger partial charge in [-0.1, -0.05) is 55.5 Å². The van der Waals surface area contributed by atoms with Crippen molar-refractivity contribution < 1.29 is 9.53 Å². The van der Waals surface area contributed by atoms with Crippen LogP contribution in [0, 0.1) is 0 Å². The zero-order valence-electron chi connectivity index (χ0n) is 13.0. The van der Waals surface area contributed by atoms with Crippen molar-refractivity contribution in [3.8, 4) is 5.75 Å². The summed E-state index contributed by atoms with van der Waals surface area (Å²) in [5.41, 5.74) is 2.42. The standard InChI is InChI=1S/C19H23NO2/c1-2-17-12-6-7-13-18(17)22-15-19(21)20-14-8-11-16-9-4-3-5-10-16/h3-7,9-10,12-13H,2,8,11,14-15H2,1H3,(H,20,21). The van der Waals surface area contributed by atoms with Crippen LogP contribution in [0.25, 0.3) is 0 Å². The van der Waals surface area contributed by atoms with Gasteiger partial charge >= 0.3 is 0 Å². The number of carbonyl (C=O) groups excluding carboxylic acids is 1. The van der Waals surface area contributed by atoms with E-state index in [9.17, 15) is 4.79 Å². The topological polar surface area (TPSA) is 38.3 Å². The van der Waals surface area contributed by atoms with Gasteiger partial charge in [0.15, 0.2) is 6.61 Å². The average Bonchev–Trinajstić information content (AvgIpc) is 2.58. The highest BCUT2D eigenvalue weighted by atomic mass is 16.5. The number of hydrogen-bond donors (Lipinski definition) is 1. The van der Waals surface area contributed by atoms with E-state index in [1.807, 2.05) is 42.5 Å². The first-order valence-electron chi connectivity index (χ1n) is 7.81. The highest BCUT2D eigenvalue weighted by Gasteiger charge is 2.05. The molecule has 0 radical (unpaired) electrons. The van der Waals surface area contributed by atoms with Crippen LogP contribution in [0.15, 0.2) is 54.6 Å². The van der Waals surface area contributed by atoms with Crippen LogP contribution in [-0.2, 0) is 17.6 Å². The van der Waals surface area contributed by atoms with Crippen LogP contribution in [-0.4, -0.2) is 19.1 Å². The van der Waals surface area contributed by atoms with Crippen molar-refractivity contribution in [3.63, 3.8) is 0 Å². The second-order valence-electron chi connectivity index (χ2n) is 5.19. The molecule has 116 valence electrons. The zero-order valence-corrected chi connectivity index (χ0v) is 13.0. The number of para-hydroxylation sites is 1. The van der Waals surface area contributed by atoms with Gasteiger partial charge in [0.25, 0.3) is 5.91 Å². The Hall–Kier alpha value is -2.29. The highest BCUT2D eigenvalue weighted by molar-refractivity contribution is 5.77. The Balaban J connectivity index is 1.66. The number of amides is 1. The third kappa shape index (κ3) is 5.24. The first-order chi connectivity index (χ1) is 10.8. The van der Waals surface area contributed by atoms with Gasteiger partial charge in [0, 0.05) is 6.54 Å². The van der Waals surface area contributed by atoms with Crippen molar-refractivity contribution in [2.45, 2.75) is 26.2 Å². The summed E-state index contributed by atoms with van der Waals surface area (Å²) >= 11 is 0. The molecular formula is C19H23NO2. The molecule has 0 bridgehead atoms. The molecule has 0 aliphatic carbocycles. The molecule has 0 spiro atoms. The number of ether oxygens (including phenoxy) is 1. The first-order valence-corrected chi connectivity index (χ1v) is 7.81. The maximum atomic E-state index is 11.8. The SMILES string of the molecule is CCc1ccccc1OCC(=O)NCCCc1ccccc1. The number of carbonyl (C=O) groups is 1. The lowest BCUT2D eigenvalue weighted by Crippen LogP contribution is -2.30. The fraction of sp³-hybridized carbons (Fsp3) is 0.316. The highest BCUT2D eigenvalue weighted by Crippen LogP contribution is 2.17. The molecule has 0 saturated heterocycles. The molecule has 3 heteroatoms. The Kier molecular flexibility index (Phi) is 6.49. The first kappa shape index (κ1) is 16.1. The lowest BCUT2D eigenvalue weighted by atomic mass is 10.1. The van der Waals surface area contributed by atoms with Crippen LogP contribution < -0.4 is 10.1 Å². The number of nitrogens with one attached hydrogen (secondary N) is 1. The molecular weight excluding hydrogens is 274 g/mol. The third-order valence-electron chi connectivity index (χ3n) is 3.52. The van der Waals surface area contributed by atoms with Crippen molar-refractivity contribution in [2.24, 2.45) is 0 Å². The van der Waals surface area contributed by atoms with E-state index in [1.54, 1.807) is 0 Å². The summed E-state index contributed by atoms with van der Waals surface area (Å²) in [5, 5.41) is 2.90. The fourth-order valence-electron chi connectivity index (χ4n) is 2.30. The minimum absolute atomic E-state index is 0.0704. The Morgan fingerprint density at radius 3 is 2.55 bits per heavy atom. The van der Waals surface area contributed by atoms with Crippen molar-refractivity contribution in [3.05, 3.63) is 65.7 Å². The maximum Gasteiger partial charge on any atom is 0.257 e. The van der Waals surface area contributed by atoms with Gasteiger partial charge in [-0.05, 0) is 36.5 Å². The van der Waals surface area contributed by atoms with Gasteiger partial charge in [-0.25, -0.2) is 0 Å². The molecule has 0 aromatic heterocycles. The lowest BCUT2D eigenvalue weighted by molar-refractivity contribution is -0.123. The minimum Gasteiger partial charge on any atom is -0.483 e. The van der Waals surface area contributed by atoms with Gasteiger partial charge in [0.05, 0.1) is 0 Å². The molecule has 0 heterocycles. The summed E-state index contributed by atoms with van der Waals surface area (Å²) < 4.78 is 5.59. The number of hydrogen-bond acceptors (Lipinski definition) is 2. The number of aryl methyl sites for hydroxylation is 2. The average molecular weight is 297 g/mol. The summed E-state index contributed by atoms with van der Waals surface area (Å²) in [5.74, 6) is 0.725. The molecule has 22 heavy (non-hydrogen) atoms. The molecule has 2 aromatic rings. The van der Waals surface area contributed by atoms with Gasteiger partial charge in [-0.2, -0.15) is 0 Å². The molecule has 1 amide bonds. The number of rotatable bonds is 8. The molecule has 2 rings (SSSR count). The molecule has 0 fully saturated rings. The normalized spacial score (nSPS) is 10.2. The predicted molar refractivity (Wildman–Crippen MR) is 89.1 cm³/mol. The molecule has 0 unspecified atom stereocenters. The molecule has 0 atom stereocenters. The van der Waals surface area contributed by atoms with E-state index in [-0.39, 0.29) is 12.5 Å². The zero-order chi connectivity index (χ0) is 15.6. The van der Waals surface area contributed by atoms with Gasteiger partial charge in [-0.3, -0.25) is 4.79 Å². The molecule has 0 saturated carbocycles. The second-order valence-corrected chi connectivity index (χ2v) is 5.19. The van der Waals surface area contributed by atoms with Crippen molar-refractivity contribution >= 4 is 5.91 Å². The van der Waals surface area contributed by atoms with Gasteiger partial charge in [0.2, 0.25) is 0 Å². The fourth-order valence-corrected chi connectivity index (χ4v) is 2.30. The van der Waals surface area contributed by atoms with Crippen molar-refractivity contribution in [2.75, 3.05) is 13.2 Å². The summed E-state index contributed by atoms with van der Waals surface area (Å²) in [7, 11) is 0. The summed E-state index contributed by atoms with van der Waals surface area (Å²) in [6.45, 7) is 2.82. The Morgan fingerprint density at radius 2 is 1.77 bits per heavy atom. The van der Waals surface area contributed by atoms with Crippen molar-refractivity contribution in [1.29, 1.82) is 0 Å². The van der Waals surface area contributed by atoms with Gasteiger partial charge in [0.1, 0.15) is 5.75 Å². The van der Waals surface area contributed by atoms with E-state index >= 15 is 0 Å². The third-order valence-corrected chi connectivity index (χ3v) is 3.52. The van der Waals surface area contributed by atoms with Gasteiger partial charge in [-0.15, -0.1) is 0 Å². The Labute approximate surface area is 132 Å². The summed E-state index contributed by atoms with van der Waals surface area (Å²) in [4.78, 5) is 11.8. The molecule has 1 N–H and O–H groups in total. The Morgan fingerprint density at radius 1 is 1.05 bits per heavy atom. The minimum atomic E-state index is -0.0704. The second kappa shape index (κ2) is 8.88. The van der Waals surface area contributed by atoms with E-state index in [0.29, 0.717) is 6.54 Å². The van der Waals surface area contributed by atoms with E-state index in [1.165, 1.54) is 5.56 Å².